The molecule has 0 saturated carbocycles. The van der Waals surface area contributed by atoms with Crippen molar-refractivity contribution in [2.75, 3.05) is 29.5 Å². The van der Waals surface area contributed by atoms with Crippen molar-refractivity contribution in [3.8, 4) is 5.75 Å². The molecule has 8 heteroatoms. The molecular formula is C20H17F3N2O3. The lowest BCUT2D eigenvalue weighted by atomic mass is 9.99. The lowest BCUT2D eigenvalue weighted by Crippen LogP contribution is -2.47. The number of benzene rings is 2. The molecule has 0 atom stereocenters. The van der Waals surface area contributed by atoms with Crippen molar-refractivity contribution in [3.05, 3.63) is 53.6 Å². The number of hydrogen-bond donors (Lipinski definition) is 0. The van der Waals surface area contributed by atoms with Gasteiger partial charge in [-0.15, -0.1) is 0 Å². The minimum Gasteiger partial charge on any atom is -0.482 e. The fourth-order valence-electron chi connectivity index (χ4n) is 3.58. The molecule has 0 aliphatic carbocycles. The zero-order valence-corrected chi connectivity index (χ0v) is 14.8. The van der Waals surface area contributed by atoms with E-state index in [1.807, 2.05) is 0 Å². The first-order valence-corrected chi connectivity index (χ1v) is 8.87. The van der Waals surface area contributed by atoms with Crippen LogP contribution in [0.3, 0.4) is 0 Å². The van der Waals surface area contributed by atoms with Gasteiger partial charge in [-0.1, -0.05) is 12.1 Å². The molecule has 0 radical (unpaired) electrons. The predicted molar refractivity (Wildman–Crippen MR) is 96.4 cm³/mol. The number of aryl methyl sites for hydroxylation is 1. The number of halogens is 3. The summed E-state index contributed by atoms with van der Waals surface area (Å²) < 4.78 is 44.3. The average Bonchev–Trinajstić information content (AvgIpc) is 2.68. The van der Waals surface area contributed by atoms with Gasteiger partial charge in [-0.05, 0) is 48.7 Å². The Labute approximate surface area is 159 Å². The Hall–Kier alpha value is -3.03. The standard InChI is InChI=1S/C20H17F3N2O3/c21-20(22,23)14-7-8-15-13(10-14)4-3-9-24(15)18(26)11-25-16-5-1-2-6-17(16)28-12-19(25)27/h1-2,5-8,10H,3-4,9,11-12H2. The van der Waals surface area contributed by atoms with Gasteiger partial charge >= 0.3 is 6.18 Å². The van der Waals surface area contributed by atoms with E-state index in [9.17, 15) is 22.8 Å². The zero-order chi connectivity index (χ0) is 19.9. The van der Waals surface area contributed by atoms with Gasteiger partial charge < -0.3 is 9.64 Å². The minimum absolute atomic E-state index is 0.157. The Balaban J connectivity index is 1.60. The number of para-hydroxylation sites is 2. The molecule has 2 aromatic carbocycles. The minimum atomic E-state index is -4.43. The van der Waals surface area contributed by atoms with E-state index < -0.39 is 11.7 Å². The third-order valence-electron chi connectivity index (χ3n) is 4.93. The molecule has 2 amide bonds. The lowest BCUT2D eigenvalue weighted by Gasteiger charge is -2.34. The highest BCUT2D eigenvalue weighted by Crippen LogP contribution is 2.36. The first kappa shape index (κ1) is 18.3. The van der Waals surface area contributed by atoms with Gasteiger partial charge in [0.05, 0.1) is 11.3 Å². The van der Waals surface area contributed by atoms with Crippen molar-refractivity contribution in [2.24, 2.45) is 0 Å². The van der Waals surface area contributed by atoms with Crippen LogP contribution in [0, 0.1) is 0 Å². The summed E-state index contributed by atoms with van der Waals surface area (Å²) in [7, 11) is 0. The molecule has 28 heavy (non-hydrogen) atoms. The summed E-state index contributed by atoms with van der Waals surface area (Å²) >= 11 is 0. The number of rotatable bonds is 2. The number of carbonyl (C=O) groups excluding carboxylic acids is 2. The van der Waals surface area contributed by atoms with Crippen molar-refractivity contribution in [3.63, 3.8) is 0 Å². The van der Waals surface area contributed by atoms with Gasteiger partial charge in [-0.3, -0.25) is 14.5 Å². The second-order valence-electron chi connectivity index (χ2n) is 6.73. The molecule has 0 fully saturated rings. The van der Waals surface area contributed by atoms with Crippen LogP contribution in [0.15, 0.2) is 42.5 Å². The highest BCUT2D eigenvalue weighted by atomic mass is 19.4. The predicted octanol–water partition coefficient (Wildman–Crippen LogP) is 3.41. The van der Waals surface area contributed by atoms with Gasteiger partial charge in [-0.25, -0.2) is 0 Å². The van der Waals surface area contributed by atoms with Crippen LogP contribution in [0.2, 0.25) is 0 Å². The third kappa shape index (κ3) is 3.30. The van der Waals surface area contributed by atoms with Crippen LogP contribution in [-0.4, -0.2) is 31.5 Å². The number of fused-ring (bicyclic) bond motifs is 2. The van der Waals surface area contributed by atoms with Crippen molar-refractivity contribution in [1.29, 1.82) is 0 Å². The zero-order valence-electron chi connectivity index (χ0n) is 14.8. The maximum Gasteiger partial charge on any atom is 0.416 e. The molecule has 5 nitrogen and oxygen atoms in total. The number of ether oxygens (including phenoxy) is 1. The lowest BCUT2D eigenvalue weighted by molar-refractivity contribution is -0.137. The van der Waals surface area contributed by atoms with Crippen molar-refractivity contribution in [2.45, 2.75) is 19.0 Å². The molecule has 2 heterocycles. The molecule has 0 bridgehead atoms. The smallest absolute Gasteiger partial charge is 0.416 e. The Morgan fingerprint density at radius 2 is 1.89 bits per heavy atom. The summed E-state index contributed by atoms with van der Waals surface area (Å²) in [6.07, 6.45) is -3.39. The molecule has 4 rings (SSSR count). The number of carbonyl (C=O) groups is 2. The molecule has 2 aromatic rings. The SMILES string of the molecule is O=C(CN1C(=O)COc2ccccc21)N1CCCc2cc(C(F)(F)F)ccc21. The van der Waals surface area contributed by atoms with Crippen LogP contribution >= 0.6 is 0 Å². The topological polar surface area (TPSA) is 49.9 Å². The molecular weight excluding hydrogens is 373 g/mol. The van der Waals surface area contributed by atoms with Crippen LogP contribution < -0.4 is 14.5 Å². The van der Waals surface area contributed by atoms with Gasteiger partial charge in [0.2, 0.25) is 5.91 Å². The Kier molecular flexibility index (Phi) is 4.49. The van der Waals surface area contributed by atoms with Crippen LogP contribution in [0.5, 0.6) is 5.75 Å². The van der Waals surface area contributed by atoms with E-state index in [1.165, 1.54) is 15.9 Å². The molecule has 0 N–H and O–H groups in total. The van der Waals surface area contributed by atoms with E-state index in [0.717, 1.165) is 12.1 Å². The second kappa shape index (κ2) is 6.85. The van der Waals surface area contributed by atoms with Gasteiger partial charge in [-0.2, -0.15) is 13.2 Å². The number of anilines is 2. The van der Waals surface area contributed by atoms with Crippen LogP contribution in [-0.2, 0) is 22.2 Å². The van der Waals surface area contributed by atoms with E-state index in [2.05, 4.69) is 0 Å². The summed E-state index contributed by atoms with van der Waals surface area (Å²) in [5, 5.41) is 0. The molecule has 146 valence electrons. The van der Waals surface area contributed by atoms with Crippen molar-refractivity contribution < 1.29 is 27.5 Å². The summed E-state index contributed by atoms with van der Waals surface area (Å²) in [5.74, 6) is -0.161. The summed E-state index contributed by atoms with van der Waals surface area (Å²) in [6.45, 7) is 0.0485. The fourth-order valence-corrected chi connectivity index (χ4v) is 3.58. The van der Waals surface area contributed by atoms with E-state index in [1.54, 1.807) is 24.3 Å². The Bertz CT molecular complexity index is 943. The van der Waals surface area contributed by atoms with Crippen LogP contribution in [0.4, 0.5) is 24.5 Å². The number of alkyl halides is 3. The summed E-state index contributed by atoms with van der Waals surface area (Å²) in [6, 6.07) is 10.3. The molecule has 2 aliphatic rings. The highest BCUT2D eigenvalue weighted by molar-refractivity contribution is 6.06. The van der Waals surface area contributed by atoms with Gasteiger partial charge in [0.25, 0.3) is 5.91 Å². The van der Waals surface area contributed by atoms with E-state index >= 15 is 0 Å². The Morgan fingerprint density at radius 3 is 2.68 bits per heavy atom. The molecule has 2 aliphatic heterocycles. The van der Waals surface area contributed by atoms with Gasteiger partial charge in [0.15, 0.2) is 6.61 Å². The maximum atomic E-state index is 13.0. The van der Waals surface area contributed by atoms with Crippen molar-refractivity contribution in [1.82, 2.24) is 0 Å². The summed E-state index contributed by atoms with van der Waals surface area (Å²) in [5.41, 5.74) is 0.746. The van der Waals surface area contributed by atoms with E-state index in [0.29, 0.717) is 42.1 Å². The largest absolute Gasteiger partial charge is 0.482 e. The third-order valence-corrected chi connectivity index (χ3v) is 4.93. The molecule has 0 saturated heterocycles. The average molecular weight is 390 g/mol. The second-order valence-corrected chi connectivity index (χ2v) is 6.73. The maximum absolute atomic E-state index is 13.0. The van der Waals surface area contributed by atoms with Gasteiger partial charge in [0.1, 0.15) is 12.3 Å². The van der Waals surface area contributed by atoms with Crippen LogP contribution in [0.25, 0.3) is 0 Å². The first-order chi connectivity index (χ1) is 13.3. The molecule has 0 spiro atoms. The Morgan fingerprint density at radius 1 is 1.11 bits per heavy atom. The van der Waals surface area contributed by atoms with E-state index in [-0.39, 0.29) is 25.0 Å². The molecule has 0 aromatic heterocycles. The summed E-state index contributed by atoms with van der Waals surface area (Å²) in [4.78, 5) is 28.0. The van der Waals surface area contributed by atoms with E-state index in [4.69, 9.17) is 4.74 Å². The van der Waals surface area contributed by atoms with Crippen molar-refractivity contribution >= 4 is 23.2 Å². The monoisotopic (exact) mass is 390 g/mol. The number of amides is 2. The number of hydrogen-bond acceptors (Lipinski definition) is 3. The normalized spacial score (nSPS) is 16.3. The van der Waals surface area contributed by atoms with Gasteiger partial charge in [0, 0.05) is 12.2 Å². The highest BCUT2D eigenvalue weighted by Gasteiger charge is 2.34. The van der Waals surface area contributed by atoms with Crippen LogP contribution in [0.1, 0.15) is 17.5 Å². The first-order valence-electron chi connectivity index (χ1n) is 8.87. The fraction of sp³-hybridized carbons (Fsp3) is 0.300. The quantitative estimate of drug-likeness (QED) is 0.790. The number of nitrogens with zero attached hydrogens (tertiary/aromatic N) is 2. The molecule has 0 unspecified atom stereocenters.